The predicted octanol–water partition coefficient (Wildman–Crippen LogP) is 5.69. The highest BCUT2D eigenvalue weighted by molar-refractivity contribution is 6.74. The molecule has 0 spiro atoms. The quantitative estimate of drug-likeness (QED) is 0.346. The molecule has 0 aromatic carbocycles. The Hall–Kier alpha value is -0.216. The van der Waals surface area contributed by atoms with Crippen LogP contribution in [0.2, 0.25) is 36.3 Å². The molecular weight excluding hydrogens is 386 g/mol. The van der Waals surface area contributed by atoms with Gasteiger partial charge in [-0.3, -0.25) is 9.63 Å². The number of hydrogen-bond donors (Lipinski definition) is 0. The Morgan fingerprint density at radius 3 is 1.71 bits per heavy atom. The molecule has 1 amide bonds. The van der Waals surface area contributed by atoms with Crippen molar-refractivity contribution in [1.82, 2.24) is 5.06 Å². The summed E-state index contributed by atoms with van der Waals surface area (Å²) in [7, 11) is -0.751. The Morgan fingerprint density at radius 1 is 0.929 bits per heavy atom. The maximum atomic E-state index is 12.8. The van der Waals surface area contributed by atoms with Crippen LogP contribution >= 0.6 is 0 Å². The lowest BCUT2D eigenvalue weighted by Gasteiger charge is -2.44. The maximum Gasteiger partial charge on any atom is 0.251 e. The minimum atomic E-state index is -2.05. The smallest absolute Gasteiger partial charge is 0.251 e. The van der Waals surface area contributed by atoms with Gasteiger partial charge in [-0.1, -0.05) is 55.4 Å². The van der Waals surface area contributed by atoms with E-state index in [9.17, 15) is 4.79 Å². The number of carbonyl (C=O) groups is 1. The van der Waals surface area contributed by atoms with E-state index in [-0.39, 0.29) is 33.9 Å². The summed E-state index contributed by atoms with van der Waals surface area (Å²) in [4.78, 5) is 18.0. The molecule has 0 heterocycles. The Bertz CT molecular complexity index is 510. The third-order valence-electron chi connectivity index (χ3n) is 6.78. The first kappa shape index (κ1) is 27.8. The van der Waals surface area contributed by atoms with Crippen LogP contribution in [0.25, 0.3) is 0 Å². The van der Waals surface area contributed by atoms with Crippen LogP contribution < -0.4 is 0 Å². The molecule has 0 saturated carbocycles. The van der Waals surface area contributed by atoms with Crippen molar-refractivity contribution in [3.8, 4) is 0 Å². The fourth-order valence-corrected chi connectivity index (χ4v) is 4.98. The van der Waals surface area contributed by atoms with E-state index in [2.05, 4.69) is 74.7 Å². The molecule has 0 aliphatic rings. The Labute approximate surface area is 176 Å². The van der Waals surface area contributed by atoms with E-state index >= 15 is 0 Å². The molecule has 0 aromatic heterocycles. The topological polar surface area (TPSA) is 48.0 Å². The molecule has 0 radical (unpaired) electrons. The highest BCUT2D eigenvalue weighted by Crippen LogP contribution is 2.40. The molecule has 0 bridgehead atoms. The SMILES string of the molecule is CON(C)C(=O)[C@H](C)[C@@H](O[Si](C)(C)C(C)(C)C)[C@@H](C)CO[Si](C)(C)C(C)(C)C. The number of carbonyl (C=O) groups excluding carboxylic acids is 1. The summed E-state index contributed by atoms with van der Waals surface area (Å²) in [6, 6.07) is 0. The molecule has 28 heavy (non-hydrogen) atoms. The number of hydroxylamine groups is 2. The Morgan fingerprint density at radius 2 is 1.36 bits per heavy atom. The van der Waals surface area contributed by atoms with E-state index in [0.717, 1.165) is 0 Å². The van der Waals surface area contributed by atoms with Crippen molar-refractivity contribution in [3.63, 3.8) is 0 Å². The minimum Gasteiger partial charge on any atom is -0.416 e. The first-order valence-electron chi connectivity index (χ1n) is 10.4. The molecule has 5 nitrogen and oxygen atoms in total. The van der Waals surface area contributed by atoms with Gasteiger partial charge in [-0.2, -0.15) is 0 Å². The third kappa shape index (κ3) is 7.24. The van der Waals surface area contributed by atoms with Gasteiger partial charge in [0.05, 0.1) is 19.1 Å². The molecular formula is C21H47NO4Si2. The van der Waals surface area contributed by atoms with Crippen LogP contribution in [-0.2, 0) is 18.5 Å². The largest absolute Gasteiger partial charge is 0.416 e. The average molecular weight is 434 g/mol. The van der Waals surface area contributed by atoms with Gasteiger partial charge in [0.2, 0.25) is 0 Å². The fourth-order valence-electron chi connectivity index (χ4n) is 2.40. The lowest BCUT2D eigenvalue weighted by Crippen LogP contribution is -2.51. The maximum absolute atomic E-state index is 12.8. The van der Waals surface area contributed by atoms with Gasteiger partial charge in [0, 0.05) is 19.6 Å². The van der Waals surface area contributed by atoms with Crippen molar-refractivity contribution in [1.29, 1.82) is 0 Å². The standard InChI is InChI=1S/C21H47NO4Si2/c1-16(15-25-27(11,12)20(3,4)5)18(17(2)19(23)22(9)24-10)26-28(13,14)21(6,7)8/h16-18H,15H2,1-14H3/t16-,17+,18-/m0/s1. The summed E-state index contributed by atoms with van der Waals surface area (Å²) in [5.74, 6) is -0.269. The van der Waals surface area contributed by atoms with Crippen molar-refractivity contribution < 1.29 is 18.5 Å². The van der Waals surface area contributed by atoms with Crippen LogP contribution in [0.1, 0.15) is 55.4 Å². The average Bonchev–Trinajstić information content (AvgIpc) is 2.53. The summed E-state index contributed by atoms with van der Waals surface area (Å²) in [5.41, 5.74) is 0. The molecule has 0 aromatic rings. The zero-order valence-corrected chi connectivity index (χ0v) is 23.0. The monoisotopic (exact) mass is 433 g/mol. The third-order valence-corrected chi connectivity index (χ3v) is 15.8. The van der Waals surface area contributed by atoms with Gasteiger partial charge in [-0.05, 0) is 36.3 Å². The predicted molar refractivity (Wildman–Crippen MR) is 123 cm³/mol. The fraction of sp³-hybridized carbons (Fsp3) is 0.952. The van der Waals surface area contributed by atoms with Crippen LogP contribution in [0.4, 0.5) is 0 Å². The number of hydrogen-bond acceptors (Lipinski definition) is 4. The minimum absolute atomic E-state index is 0.0645. The molecule has 0 N–H and O–H groups in total. The molecule has 0 aliphatic carbocycles. The van der Waals surface area contributed by atoms with Crippen LogP contribution in [-0.4, -0.2) is 54.5 Å². The Balaban J connectivity index is 5.63. The summed E-state index contributed by atoms with van der Waals surface area (Å²) in [6.07, 6.45) is -0.212. The molecule has 7 heteroatoms. The summed E-state index contributed by atoms with van der Waals surface area (Å²) < 4.78 is 13.2. The van der Waals surface area contributed by atoms with E-state index < -0.39 is 16.6 Å². The van der Waals surface area contributed by atoms with Gasteiger partial charge in [0.15, 0.2) is 16.6 Å². The second-order valence-corrected chi connectivity index (χ2v) is 20.8. The molecule has 0 rings (SSSR count). The van der Waals surface area contributed by atoms with Crippen molar-refractivity contribution in [2.24, 2.45) is 11.8 Å². The number of rotatable bonds is 9. The van der Waals surface area contributed by atoms with Gasteiger partial charge in [-0.25, -0.2) is 5.06 Å². The van der Waals surface area contributed by atoms with Crippen molar-refractivity contribution in [2.75, 3.05) is 20.8 Å². The van der Waals surface area contributed by atoms with Gasteiger partial charge in [-0.15, -0.1) is 0 Å². The molecule has 0 aliphatic heterocycles. The molecule has 0 saturated heterocycles. The van der Waals surface area contributed by atoms with Crippen LogP contribution in [0, 0.1) is 11.8 Å². The first-order chi connectivity index (χ1) is 12.3. The van der Waals surface area contributed by atoms with E-state index in [4.69, 9.17) is 13.7 Å². The molecule has 0 unspecified atom stereocenters. The van der Waals surface area contributed by atoms with Crippen LogP contribution in [0.15, 0.2) is 0 Å². The zero-order chi connectivity index (χ0) is 22.7. The van der Waals surface area contributed by atoms with Crippen molar-refractivity contribution in [2.45, 2.75) is 97.8 Å². The van der Waals surface area contributed by atoms with Crippen molar-refractivity contribution in [3.05, 3.63) is 0 Å². The summed E-state index contributed by atoms with van der Waals surface area (Å²) in [5, 5.41) is 1.52. The Kier molecular flexibility index (Phi) is 9.65. The van der Waals surface area contributed by atoms with Gasteiger partial charge >= 0.3 is 0 Å². The highest BCUT2D eigenvalue weighted by atomic mass is 28.4. The van der Waals surface area contributed by atoms with Crippen LogP contribution in [0.5, 0.6) is 0 Å². The van der Waals surface area contributed by atoms with Gasteiger partial charge < -0.3 is 8.85 Å². The summed E-state index contributed by atoms with van der Waals surface area (Å²) >= 11 is 0. The second kappa shape index (κ2) is 9.73. The van der Waals surface area contributed by atoms with E-state index in [0.29, 0.717) is 6.61 Å². The zero-order valence-electron chi connectivity index (χ0n) is 21.0. The van der Waals surface area contributed by atoms with Gasteiger partial charge in [0.1, 0.15) is 0 Å². The lowest BCUT2D eigenvalue weighted by atomic mass is 9.93. The normalized spacial score (nSPS) is 17.2. The number of nitrogens with zero attached hydrogens (tertiary/aromatic N) is 1. The van der Waals surface area contributed by atoms with E-state index in [1.54, 1.807) is 7.05 Å². The van der Waals surface area contributed by atoms with E-state index in [1.807, 2.05) is 6.92 Å². The summed E-state index contributed by atoms with van der Waals surface area (Å²) in [6.45, 7) is 27.1. The number of amides is 1. The van der Waals surface area contributed by atoms with Crippen LogP contribution in [0.3, 0.4) is 0 Å². The highest BCUT2D eigenvalue weighted by Gasteiger charge is 2.44. The van der Waals surface area contributed by atoms with E-state index in [1.165, 1.54) is 12.2 Å². The second-order valence-electron chi connectivity index (χ2n) is 11.2. The van der Waals surface area contributed by atoms with Crippen molar-refractivity contribution >= 4 is 22.5 Å². The molecule has 0 fully saturated rings. The molecule has 168 valence electrons. The lowest BCUT2D eigenvalue weighted by molar-refractivity contribution is -0.177. The van der Waals surface area contributed by atoms with Gasteiger partial charge in [0.25, 0.3) is 5.91 Å². The molecule has 3 atom stereocenters. The first-order valence-corrected chi connectivity index (χ1v) is 16.2.